The highest BCUT2D eigenvalue weighted by atomic mass is 16.6. The van der Waals surface area contributed by atoms with Crippen molar-refractivity contribution in [2.24, 2.45) is 11.3 Å². The van der Waals surface area contributed by atoms with Gasteiger partial charge in [0.2, 0.25) is 5.91 Å². The van der Waals surface area contributed by atoms with Crippen molar-refractivity contribution < 1.29 is 24.2 Å². The van der Waals surface area contributed by atoms with Crippen LogP contribution in [0.2, 0.25) is 0 Å². The van der Waals surface area contributed by atoms with Gasteiger partial charge < -0.3 is 19.9 Å². The quantitative estimate of drug-likeness (QED) is 0.446. The first-order valence-corrected chi connectivity index (χ1v) is 11.3. The van der Waals surface area contributed by atoms with E-state index >= 15 is 0 Å². The summed E-state index contributed by atoms with van der Waals surface area (Å²) in [7, 11) is 1.62. The highest BCUT2D eigenvalue weighted by Crippen LogP contribution is 2.44. The van der Waals surface area contributed by atoms with Gasteiger partial charge in [0.25, 0.3) is 0 Å². The largest absolute Gasteiger partial charge is 0.460 e. The first kappa shape index (κ1) is 25.9. The second kappa shape index (κ2) is 12.5. The lowest BCUT2D eigenvalue weighted by atomic mass is 9.75. The second-order valence-corrected chi connectivity index (χ2v) is 9.53. The van der Waals surface area contributed by atoms with Crippen LogP contribution in [0.5, 0.6) is 0 Å². The van der Waals surface area contributed by atoms with Gasteiger partial charge in [-0.15, -0.1) is 0 Å². The van der Waals surface area contributed by atoms with E-state index in [2.05, 4.69) is 12.2 Å². The van der Waals surface area contributed by atoms with Gasteiger partial charge in [-0.3, -0.25) is 9.59 Å². The molecule has 0 spiro atoms. The van der Waals surface area contributed by atoms with Crippen LogP contribution in [0.4, 0.5) is 0 Å². The minimum Gasteiger partial charge on any atom is -0.460 e. The maximum absolute atomic E-state index is 13.4. The summed E-state index contributed by atoms with van der Waals surface area (Å²) in [6.07, 6.45) is 8.16. The Morgan fingerprint density at radius 3 is 2.31 bits per heavy atom. The number of amides is 1. The molecule has 2 atom stereocenters. The fraction of sp³-hybridized carbons (Fsp3) is 0.913. The maximum atomic E-state index is 13.4. The third-order valence-electron chi connectivity index (χ3n) is 5.81. The number of hydrogen-bond donors (Lipinski definition) is 2. The number of carbonyl (C=O) groups is 2. The van der Waals surface area contributed by atoms with E-state index in [4.69, 9.17) is 9.47 Å². The Hall–Kier alpha value is -1.14. The van der Waals surface area contributed by atoms with E-state index in [1.807, 2.05) is 20.8 Å². The smallest absolute Gasteiger partial charge is 0.309 e. The summed E-state index contributed by atoms with van der Waals surface area (Å²) < 4.78 is 10.9. The van der Waals surface area contributed by atoms with E-state index in [0.29, 0.717) is 25.9 Å². The van der Waals surface area contributed by atoms with Gasteiger partial charge in [-0.05, 0) is 59.3 Å². The minimum absolute atomic E-state index is 0.0103. The summed E-state index contributed by atoms with van der Waals surface area (Å²) in [4.78, 5) is 26.2. The number of aliphatic hydroxyl groups is 1. The molecule has 0 bridgehead atoms. The van der Waals surface area contributed by atoms with Crippen molar-refractivity contribution in [2.45, 2.75) is 104 Å². The summed E-state index contributed by atoms with van der Waals surface area (Å²) >= 11 is 0. The highest BCUT2D eigenvalue weighted by Gasteiger charge is 2.45. The molecule has 6 heteroatoms. The maximum Gasteiger partial charge on any atom is 0.309 e. The Kier molecular flexibility index (Phi) is 11.2. The summed E-state index contributed by atoms with van der Waals surface area (Å²) in [5, 5.41) is 12.6. The lowest BCUT2D eigenvalue weighted by molar-refractivity contribution is -0.162. The first-order chi connectivity index (χ1) is 13.7. The fourth-order valence-electron chi connectivity index (χ4n) is 4.23. The molecule has 170 valence electrons. The number of methoxy groups -OCH3 is 1. The number of unbranched alkanes of at least 4 members (excludes halogenated alkanes) is 1. The number of nitrogens with one attached hydrogen (secondary N) is 1. The third-order valence-corrected chi connectivity index (χ3v) is 5.81. The number of ether oxygens (including phenoxy) is 2. The summed E-state index contributed by atoms with van der Waals surface area (Å²) in [6.45, 7) is 8.25. The van der Waals surface area contributed by atoms with Crippen LogP contribution in [0.3, 0.4) is 0 Å². The Bertz CT molecular complexity index is 494. The fourth-order valence-corrected chi connectivity index (χ4v) is 4.23. The molecule has 0 heterocycles. The molecule has 6 nitrogen and oxygen atoms in total. The average Bonchev–Trinajstić information content (AvgIpc) is 3.11. The molecule has 2 N–H and O–H groups in total. The molecule has 0 saturated heterocycles. The van der Waals surface area contributed by atoms with Gasteiger partial charge in [0.15, 0.2) is 0 Å². The predicted molar refractivity (Wildman–Crippen MR) is 115 cm³/mol. The molecule has 1 aliphatic carbocycles. The molecule has 29 heavy (non-hydrogen) atoms. The van der Waals surface area contributed by atoms with Crippen molar-refractivity contribution in [1.29, 1.82) is 0 Å². The molecule has 1 rings (SSSR count). The van der Waals surface area contributed by atoms with Gasteiger partial charge >= 0.3 is 5.97 Å². The lowest BCUT2D eigenvalue weighted by Gasteiger charge is -2.34. The molecule has 0 aromatic rings. The molecule has 1 amide bonds. The standard InChI is InChI=1S/C23H43NO5/c1-6-7-10-19(11-15-25)24-21(27)23(13-8-9-14-23)17-18(12-16-28-5)20(26)29-22(2,3)4/h18-19,25H,6-17H2,1-5H3,(H,24,27)/t18-,19+/m1/s1. The topological polar surface area (TPSA) is 84.9 Å². The summed E-state index contributed by atoms with van der Waals surface area (Å²) in [5.74, 6) is -0.563. The Balaban J connectivity index is 2.94. The summed E-state index contributed by atoms with van der Waals surface area (Å²) in [6, 6.07) is -0.0103. The molecule has 1 saturated carbocycles. The van der Waals surface area contributed by atoms with Crippen LogP contribution >= 0.6 is 0 Å². The SMILES string of the molecule is CCCC[C@@H](CCO)NC(=O)C1(C[C@@H](CCOC)C(=O)OC(C)(C)C)CCCC1. The van der Waals surface area contributed by atoms with E-state index in [-0.39, 0.29) is 30.4 Å². The summed E-state index contributed by atoms with van der Waals surface area (Å²) in [5.41, 5.74) is -1.09. The average molecular weight is 414 g/mol. The molecule has 1 aliphatic rings. The molecule has 0 aromatic heterocycles. The van der Waals surface area contributed by atoms with Crippen molar-refractivity contribution in [2.75, 3.05) is 20.3 Å². The van der Waals surface area contributed by atoms with Crippen molar-refractivity contribution in [3.05, 3.63) is 0 Å². The van der Waals surface area contributed by atoms with E-state index in [9.17, 15) is 14.7 Å². The van der Waals surface area contributed by atoms with E-state index in [1.54, 1.807) is 7.11 Å². The number of esters is 1. The van der Waals surface area contributed by atoms with Gasteiger partial charge in [-0.2, -0.15) is 0 Å². The molecule has 0 radical (unpaired) electrons. The van der Waals surface area contributed by atoms with Crippen molar-refractivity contribution in [1.82, 2.24) is 5.32 Å². The second-order valence-electron chi connectivity index (χ2n) is 9.53. The van der Waals surface area contributed by atoms with Crippen molar-refractivity contribution >= 4 is 11.9 Å². The van der Waals surface area contributed by atoms with Crippen LogP contribution in [-0.4, -0.2) is 48.9 Å². The molecule has 0 aromatic carbocycles. The van der Waals surface area contributed by atoms with Crippen LogP contribution in [0.15, 0.2) is 0 Å². The van der Waals surface area contributed by atoms with Crippen molar-refractivity contribution in [3.63, 3.8) is 0 Å². The van der Waals surface area contributed by atoms with Crippen LogP contribution in [0.1, 0.15) is 91.9 Å². The van der Waals surface area contributed by atoms with Gasteiger partial charge in [0, 0.05) is 26.4 Å². The normalized spacial score (nSPS) is 18.3. The van der Waals surface area contributed by atoms with Crippen molar-refractivity contribution in [3.8, 4) is 0 Å². The zero-order valence-corrected chi connectivity index (χ0v) is 19.2. The Morgan fingerprint density at radius 2 is 1.79 bits per heavy atom. The molecular weight excluding hydrogens is 370 g/mol. The van der Waals surface area contributed by atoms with Crippen LogP contribution in [0.25, 0.3) is 0 Å². The highest BCUT2D eigenvalue weighted by molar-refractivity contribution is 5.84. The minimum atomic E-state index is -0.556. The van der Waals surface area contributed by atoms with E-state index in [0.717, 1.165) is 44.9 Å². The van der Waals surface area contributed by atoms with Crippen LogP contribution in [0, 0.1) is 11.3 Å². The van der Waals surface area contributed by atoms with Gasteiger partial charge in [0.05, 0.1) is 11.3 Å². The zero-order chi connectivity index (χ0) is 21.9. The number of carbonyl (C=O) groups excluding carboxylic acids is 2. The van der Waals surface area contributed by atoms with E-state index < -0.39 is 11.0 Å². The Morgan fingerprint density at radius 1 is 1.14 bits per heavy atom. The first-order valence-electron chi connectivity index (χ1n) is 11.3. The Labute approximate surface area is 177 Å². The lowest BCUT2D eigenvalue weighted by Crippen LogP contribution is -2.46. The molecule has 0 aliphatic heterocycles. The monoisotopic (exact) mass is 413 g/mol. The molecule has 0 unspecified atom stereocenters. The van der Waals surface area contributed by atoms with Crippen LogP contribution in [-0.2, 0) is 19.1 Å². The number of hydrogen-bond acceptors (Lipinski definition) is 5. The van der Waals surface area contributed by atoms with Gasteiger partial charge in [0.1, 0.15) is 5.60 Å². The van der Waals surface area contributed by atoms with E-state index in [1.165, 1.54) is 0 Å². The van der Waals surface area contributed by atoms with Crippen LogP contribution < -0.4 is 5.32 Å². The molecule has 1 fully saturated rings. The molecular formula is C23H43NO5. The van der Waals surface area contributed by atoms with Gasteiger partial charge in [-0.1, -0.05) is 32.6 Å². The zero-order valence-electron chi connectivity index (χ0n) is 19.2. The third kappa shape index (κ3) is 9.04. The predicted octanol–water partition coefficient (Wildman–Crippen LogP) is 3.99. The number of aliphatic hydroxyl groups excluding tert-OH is 1. The van der Waals surface area contributed by atoms with Gasteiger partial charge in [-0.25, -0.2) is 0 Å². The number of rotatable bonds is 13.